The van der Waals surface area contributed by atoms with Crippen LogP contribution in [0.3, 0.4) is 0 Å². The van der Waals surface area contributed by atoms with E-state index in [2.05, 4.69) is 10.0 Å². The fourth-order valence-electron chi connectivity index (χ4n) is 2.49. The molecule has 0 heterocycles. The third-order valence-electron chi connectivity index (χ3n) is 3.76. The molecule has 0 saturated carbocycles. The van der Waals surface area contributed by atoms with Gasteiger partial charge in [-0.3, -0.25) is 4.21 Å². The third-order valence-corrected chi connectivity index (χ3v) is 5.51. The Hall–Kier alpha value is -2.88. The Bertz CT molecular complexity index is 1060. The maximum Gasteiger partial charge on any atom is 0.339 e. The van der Waals surface area contributed by atoms with Gasteiger partial charge in [0, 0.05) is 29.2 Å². The molecule has 3 rings (SSSR count). The zero-order chi connectivity index (χ0) is 20.0. The van der Waals surface area contributed by atoms with Crippen LogP contribution >= 0.6 is 0 Å². The van der Waals surface area contributed by atoms with Crippen LogP contribution < -0.4 is 14.2 Å². The highest BCUT2D eigenvalue weighted by Crippen LogP contribution is 2.22. The van der Waals surface area contributed by atoms with Gasteiger partial charge in [0.25, 0.3) is 0 Å². The highest BCUT2D eigenvalue weighted by atomic mass is 32.2. The van der Waals surface area contributed by atoms with Crippen molar-refractivity contribution < 1.29 is 21.4 Å². The lowest BCUT2D eigenvalue weighted by molar-refractivity contribution is 0.485. The number of hydrogen-bond acceptors (Lipinski definition) is 6. The van der Waals surface area contributed by atoms with Gasteiger partial charge in [-0.1, -0.05) is 36.4 Å². The van der Waals surface area contributed by atoms with Crippen molar-refractivity contribution in [2.75, 3.05) is 10.0 Å². The maximum atomic E-state index is 12.7. The van der Waals surface area contributed by atoms with Gasteiger partial charge < -0.3 is 18.8 Å². The molecule has 146 valence electrons. The Kier molecular flexibility index (Phi) is 6.30. The zero-order valence-corrected chi connectivity index (χ0v) is 16.2. The smallest absolute Gasteiger partial charge is 0.339 e. The first-order valence-electron chi connectivity index (χ1n) is 8.21. The van der Waals surface area contributed by atoms with E-state index in [9.17, 15) is 17.2 Å². The van der Waals surface area contributed by atoms with Gasteiger partial charge in [-0.05, 0) is 48.0 Å². The molecule has 1 atom stereocenters. The molecule has 0 spiro atoms. The van der Waals surface area contributed by atoms with Crippen molar-refractivity contribution in [3.63, 3.8) is 0 Å². The molecule has 0 radical (unpaired) electrons. The van der Waals surface area contributed by atoms with Crippen LogP contribution in [0.2, 0.25) is 0 Å². The van der Waals surface area contributed by atoms with Crippen LogP contribution in [0, 0.1) is 0 Å². The lowest BCUT2D eigenvalue weighted by Gasteiger charge is -2.13. The molecule has 0 aromatic heterocycles. The van der Waals surface area contributed by atoms with E-state index in [1.807, 2.05) is 0 Å². The van der Waals surface area contributed by atoms with Crippen molar-refractivity contribution in [1.82, 2.24) is 0 Å². The molecule has 2 N–H and O–H groups in total. The van der Waals surface area contributed by atoms with Gasteiger partial charge in [0.2, 0.25) is 0 Å². The Morgan fingerprint density at radius 3 is 2.14 bits per heavy atom. The molecule has 0 aliphatic heterocycles. The van der Waals surface area contributed by atoms with Crippen molar-refractivity contribution >= 4 is 32.8 Å². The summed E-state index contributed by atoms with van der Waals surface area (Å²) in [5.74, 6) is 0.240. The highest BCUT2D eigenvalue weighted by Gasteiger charge is 2.20. The summed E-state index contributed by atoms with van der Waals surface area (Å²) >= 11 is -2.39. The van der Waals surface area contributed by atoms with E-state index >= 15 is 0 Å². The summed E-state index contributed by atoms with van der Waals surface area (Å²) in [4.78, 5) is 0.0754. The summed E-state index contributed by atoms with van der Waals surface area (Å²) in [6, 6.07) is 21.4. The van der Waals surface area contributed by atoms with Crippen molar-refractivity contribution in [1.29, 1.82) is 0 Å². The predicted octanol–water partition coefficient (Wildman–Crippen LogP) is 3.27. The van der Waals surface area contributed by atoms with Crippen molar-refractivity contribution in [2.24, 2.45) is 0 Å². The topological polar surface area (TPSA) is 108 Å². The molecule has 3 aromatic carbocycles. The van der Waals surface area contributed by atoms with Crippen LogP contribution in [0.1, 0.15) is 5.56 Å². The lowest BCUT2D eigenvalue weighted by atomic mass is 10.2. The molecule has 1 unspecified atom stereocenters. The number of benzene rings is 3. The molecule has 0 aliphatic rings. The van der Waals surface area contributed by atoms with Gasteiger partial charge in [0.1, 0.15) is 10.6 Å². The molecule has 9 heteroatoms. The number of rotatable bonds is 8. The number of hydrogen-bond donors (Lipinski definition) is 2. The Balaban J connectivity index is 1.74. The quantitative estimate of drug-likeness (QED) is 0.430. The molecule has 0 aliphatic carbocycles. The second-order valence-electron chi connectivity index (χ2n) is 5.73. The molecule has 28 heavy (non-hydrogen) atoms. The van der Waals surface area contributed by atoms with Gasteiger partial charge in [-0.25, -0.2) is 0 Å². The SMILES string of the molecule is O=S([O-])Nc1ccc(NCc2ccccc2S(=O)(=O)Oc2ccccc2)cc1. The first kappa shape index (κ1) is 19.9. The summed E-state index contributed by atoms with van der Waals surface area (Å²) in [5, 5.41) is 3.12. The number of anilines is 2. The molecule has 0 amide bonds. The van der Waals surface area contributed by atoms with E-state index in [-0.39, 0.29) is 17.2 Å². The predicted molar refractivity (Wildman–Crippen MR) is 107 cm³/mol. The van der Waals surface area contributed by atoms with Gasteiger partial charge >= 0.3 is 10.1 Å². The summed E-state index contributed by atoms with van der Waals surface area (Å²) in [7, 11) is -3.99. The molecule has 7 nitrogen and oxygen atoms in total. The summed E-state index contributed by atoms with van der Waals surface area (Å²) in [5.41, 5.74) is 1.68. The Labute approximate surface area is 165 Å². The van der Waals surface area contributed by atoms with Crippen LogP contribution in [0.25, 0.3) is 0 Å². The fourth-order valence-corrected chi connectivity index (χ4v) is 3.98. The lowest BCUT2D eigenvalue weighted by Crippen LogP contribution is -2.13. The van der Waals surface area contributed by atoms with Gasteiger partial charge in [-0.15, -0.1) is 0 Å². The van der Waals surface area contributed by atoms with Crippen molar-refractivity contribution in [3.05, 3.63) is 84.4 Å². The zero-order valence-electron chi connectivity index (χ0n) is 14.6. The maximum absolute atomic E-state index is 12.7. The van der Waals surface area contributed by atoms with E-state index in [1.165, 1.54) is 6.07 Å². The molecule has 0 bridgehead atoms. The van der Waals surface area contributed by atoms with E-state index in [0.717, 1.165) is 0 Å². The van der Waals surface area contributed by atoms with Crippen LogP contribution in [0.5, 0.6) is 5.75 Å². The van der Waals surface area contributed by atoms with Crippen molar-refractivity contribution in [2.45, 2.75) is 11.4 Å². The van der Waals surface area contributed by atoms with Crippen molar-refractivity contribution in [3.8, 4) is 5.75 Å². The third kappa shape index (κ3) is 5.32. The summed E-state index contributed by atoms with van der Waals surface area (Å²) in [6.07, 6.45) is 0. The van der Waals surface area contributed by atoms with Gasteiger partial charge in [0.15, 0.2) is 0 Å². The first-order chi connectivity index (χ1) is 13.4. The molecular formula is C19H17N2O5S2-. The number of nitrogens with one attached hydrogen (secondary N) is 2. The average Bonchev–Trinajstić information content (AvgIpc) is 2.68. The Morgan fingerprint density at radius 2 is 1.46 bits per heavy atom. The van der Waals surface area contributed by atoms with Gasteiger partial charge in [0.05, 0.1) is 0 Å². The summed E-state index contributed by atoms with van der Waals surface area (Å²) < 4.78 is 54.1. The minimum Gasteiger partial charge on any atom is -0.755 e. The second-order valence-corrected chi connectivity index (χ2v) is 7.91. The normalized spacial score (nSPS) is 12.2. The van der Waals surface area contributed by atoms with Crippen LogP contribution in [-0.2, 0) is 27.9 Å². The van der Waals surface area contributed by atoms with E-state index in [1.54, 1.807) is 72.8 Å². The second kappa shape index (κ2) is 8.87. The fraction of sp³-hybridized carbons (Fsp3) is 0.0526. The first-order valence-corrected chi connectivity index (χ1v) is 10.7. The van der Waals surface area contributed by atoms with Crippen LogP contribution in [0.4, 0.5) is 11.4 Å². The summed E-state index contributed by atoms with van der Waals surface area (Å²) in [6.45, 7) is 0.244. The Morgan fingerprint density at radius 1 is 0.857 bits per heavy atom. The van der Waals surface area contributed by atoms with E-state index in [0.29, 0.717) is 16.9 Å². The molecule has 3 aromatic rings. The van der Waals surface area contributed by atoms with E-state index in [4.69, 9.17) is 4.18 Å². The van der Waals surface area contributed by atoms with Crippen LogP contribution in [0.15, 0.2) is 83.8 Å². The number of para-hydroxylation sites is 1. The molecular weight excluding hydrogens is 400 g/mol. The standard InChI is InChI=1S/C19H18N2O5S2/c22-27(23)21-17-12-10-16(11-13-17)20-14-15-6-4-5-9-19(15)28(24,25)26-18-7-2-1-3-8-18/h1-13,20-21H,14H2,(H,22,23)/p-1. The highest BCUT2D eigenvalue weighted by molar-refractivity contribution is 7.87. The van der Waals surface area contributed by atoms with Gasteiger partial charge in [-0.2, -0.15) is 8.42 Å². The van der Waals surface area contributed by atoms with E-state index < -0.39 is 21.4 Å². The molecule has 0 saturated heterocycles. The monoisotopic (exact) mass is 417 g/mol. The minimum atomic E-state index is -3.99. The van der Waals surface area contributed by atoms with Crippen LogP contribution in [-0.4, -0.2) is 17.2 Å². The molecule has 0 fully saturated rings. The largest absolute Gasteiger partial charge is 0.755 e. The minimum absolute atomic E-state index is 0.0754. The average molecular weight is 417 g/mol.